The molecular formula is C15H21N3OS. The summed E-state index contributed by atoms with van der Waals surface area (Å²) in [4.78, 5) is 4.39. The summed E-state index contributed by atoms with van der Waals surface area (Å²) in [5.74, 6) is 0.972. The molecule has 1 aromatic heterocycles. The molecule has 1 N–H and O–H groups in total. The van der Waals surface area contributed by atoms with Gasteiger partial charge in [-0.15, -0.1) is 0 Å². The summed E-state index contributed by atoms with van der Waals surface area (Å²) < 4.78 is 13.5. The zero-order valence-electron chi connectivity index (χ0n) is 12.2. The second-order valence-electron chi connectivity index (χ2n) is 4.91. The minimum atomic E-state index is -0.789. The average Bonchev–Trinajstić information content (AvgIpc) is 2.80. The Bertz CT molecular complexity index is 580. The highest BCUT2D eigenvalue weighted by Gasteiger charge is 2.10. The van der Waals surface area contributed by atoms with Crippen molar-refractivity contribution >= 4 is 10.8 Å². The molecule has 0 aliphatic rings. The molecule has 20 heavy (non-hydrogen) atoms. The Morgan fingerprint density at radius 1 is 1.35 bits per heavy atom. The van der Waals surface area contributed by atoms with E-state index in [1.807, 2.05) is 38.2 Å². The lowest BCUT2D eigenvalue weighted by Gasteiger charge is -2.13. The van der Waals surface area contributed by atoms with Crippen LogP contribution in [0.25, 0.3) is 5.69 Å². The summed E-state index contributed by atoms with van der Waals surface area (Å²) in [6.45, 7) is 5.45. The molecule has 108 valence electrons. The molecule has 0 aliphatic heterocycles. The third-order valence-electron chi connectivity index (χ3n) is 3.33. The molecular weight excluding hydrogens is 270 g/mol. The van der Waals surface area contributed by atoms with Crippen LogP contribution in [0.2, 0.25) is 0 Å². The molecule has 0 bridgehead atoms. The Labute approximate surface area is 122 Å². The van der Waals surface area contributed by atoms with Crippen LogP contribution in [0.3, 0.4) is 0 Å². The molecule has 0 fully saturated rings. The van der Waals surface area contributed by atoms with Gasteiger partial charge in [0, 0.05) is 41.1 Å². The van der Waals surface area contributed by atoms with Crippen molar-refractivity contribution in [1.82, 2.24) is 14.9 Å². The van der Waals surface area contributed by atoms with Crippen molar-refractivity contribution in [2.24, 2.45) is 0 Å². The monoisotopic (exact) mass is 291 g/mol. The van der Waals surface area contributed by atoms with Crippen LogP contribution in [-0.2, 0) is 17.3 Å². The van der Waals surface area contributed by atoms with E-state index in [0.717, 1.165) is 30.3 Å². The molecule has 1 heterocycles. The van der Waals surface area contributed by atoms with Gasteiger partial charge in [0.2, 0.25) is 0 Å². The van der Waals surface area contributed by atoms with Gasteiger partial charge in [-0.25, -0.2) is 4.98 Å². The Morgan fingerprint density at radius 3 is 2.70 bits per heavy atom. The average molecular weight is 291 g/mol. The Balaban J connectivity index is 2.08. The molecule has 1 aromatic carbocycles. The molecule has 0 radical (unpaired) electrons. The molecule has 0 saturated heterocycles. The van der Waals surface area contributed by atoms with E-state index in [2.05, 4.69) is 27.0 Å². The van der Waals surface area contributed by atoms with Crippen molar-refractivity contribution in [3.05, 3.63) is 48.0 Å². The summed E-state index contributed by atoms with van der Waals surface area (Å²) in [5, 5.41) is 3.51. The predicted octanol–water partition coefficient (Wildman–Crippen LogP) is 2.04. The molecule has 0 amide bonds. The lowest BCUT2D eigenvalue weighted by molar-refractivity contribution is 0.637. The summed E-state index contributed by atoms with van der Waals surface area (Å²) in [6.07, 6.45) is 3.63. The number of nitrogens with one attached hydrogen (secondary N) is 1. The van der Waals surface area contributed by atoms with Gasteiger partial charge in [0.15, 0.2) is 0 Å². The summed E-state index contributed by atoms with van der Waals surface area (Å²) in [7, 11) is -0.789. The second kappa shape index (κ2) is 6.81. The van der Waals surface area contributed by atoms with Crippen LogP contribution >= 0.6 is 0 Å². The highest BCUT2D eigenvalue weighted by molar-refractivity contribution is 7.84. The third-order valence-corrected chi connectivity index (χ3v) is 4.63. The van der Waals surface area contributed by atoms with E-state index in [1.165, 1.54) is 0 Å². The number of nitrogens with zero attached hydrogens (tertiary/aromatic N) is 2. The topological polar surface area (TPSA) is 46.9 Å². The van der Waals surface area contributed by atoms with Crippen molar-refractivity contribution in [2.45, 2.75) is 25.6 Å². The van der Waals surface area contributed by atoms with Crippen LogP contribution in [0, 0.1) is 6.92 Å². The first kappa shape index (κ1) is 14.9. The molecule has 5 heteroatoms. The van der Waals surface area contributed by atoms with Crippen LogP contribution in [0.15, 0.2) is 36.5 Å². The van der Waals surface area contributed by atoms with E-state index in [4.69, 9.17) is 0 Å². The van der Waals surface area contributed by atoms with Crippen molar-refractivity contribution in [3.8, 4) is 5.69 Å². The van der Waals surface area contributed by atoms with Crippen LogP contribution in [0.4, 0.5) is 0 Å². The first-order valence-electron chi connectivity index (χ1n) is 6.71. The van der Waals surface area contributed by atoms with Crippen LogP contribution in [0.5, 0.6) is 0 Å². The number of benzene rings is 1. The van der Waals surface area contributed by atoms with Crippen LogP contribution < -0.4 is 5.32 Å². The molecule has 2 atom stereocenters. The zero-order valence-corrected chi connectivity index (χ0v) is 13.0. The van der Waals surface area contributed by atoms with E-state index in [-0.39, 0.29) is 5.25 Å². The predicted molar refractivity (Wildman–Crippen MR) is 83.5 cm³/mol. The molecule has 4 nitrogen and oxygen atoms in total. The van der Waals surface area contributed by atoms with Crippen molar-refractivity contribution < 1.29 is 4.21 Å². The number of hydrogen-bond donors (Lipinski definition) is 1. The summed E-state index contributed by atoms with van der Waals surface area (Å²) in [5.41, 5.74) is 2.23. The number of imidazole rings is 1. The van der Waals surface area contributed by atoms with Gasteiger partial charge in [-0.2, -0.15) is 0 Å². The molecule has 0 saturated carbocycles. The van der Waals surface area contributed by atoms with Gasteiger partial charge in [-0.1, -0.05) is 18.2 Å². The van der Waals surface area contributed by atoms with Crippen molar-refractivity contribution in [3.63, 3.8) is 0 Å². The fraction of sp³-hybridized carbons (Fsp3) is 0.400. The van der Waals surface area contributed by atoms with Gasteiger partial charge in [-0.3, -0.25) is 8.78 Å². The third kappa shape index (κ3) is 3.55. The largest absolute Gasteiger partial charge is 0.310 e. The molecule has 0 spiro atoms. The molecule has 0 aliphatic carbocycles. The quantitative estimate of drug-likeness (QED) is 0.886. The number of aromatic nitrogens is 2. The maximum Gasteiger partial charge on any atom is 0.110 e. The van der Waals surface area contributed by atoms with Crippen LogP contribution in [0.1, 0.15) is 18.4 Å². The first-order valence-corrected chi connectivity index (χ1v) is 8.33. The van der Waals surface area contributed by atoms with E-state index in [0.29, 0.717) is 0 Å². The maximum absolute atomic E-state index is 11.3. The van der Waals surface area contributed by atoms with E-state index >= 15 is 0 Å². The SMILES string of the molecule is Cc1ncc(CNCC(C)S(C)=O)n1-c1ccccc1. The van der Waals surface area contributed by atoms with E-state index in [1.54, 1.807) is 6.26 Å². The van der Waals surface area contributed by atoms with Gasteiger partial charge in [0.05, 0.1) is 11.9 Å². The molecule has 2 unspecified atom stereocenters. The van der Waals surface area contributed by atoms with Gasteiger partial charge >= 0.3 is 0 Å². The first-order chi connectivity index (χ1) is 9.59. The highest BCUT2D eigenvalue weighted by Crippen LogP contribution is 2.14. The smallest absolute Gasteiger partial charge is 0.110 e. The maximum atomic E-state index is 11.3. The molecule has 2 rings (SSSR count). The number of hydrogen-bond acceptors (Lipinski definition) is 3. The number of para-hydroxylation sites is 1. The van der Waals surface area contributed by atoms with E-state index < -0.39 is 10.8 Å². The van der Waals surface area contributed by atoms with E-state index in [9.17, 15) is 4.21 Å². The Morgan fingerprint density at radius 2 is 2.05 bits per heavy atom. The molecule has 2 aromatic rings. The Kier molecular flexibility index (Phi) is 5.09. The van der Waals surface area contributed by atoms with Gasteiger partial charge in [0.25, 0.3) is 0 Å². The number of aryl methyl sites for hydroxylation is 1. The second-order valence-corrected chi connectivity index (χ2v) is 6.71. The number of rotatable bonds is 6. The standard InChI is InChI=1S/C15H21N3OS/c1-12(20(3)19)9-16-10-15-11-17-13(2)18(15)14-7-5-4-6-8-14/h4-8,11-12,16H,9-10H2,1-3H3. The lowest BCUT2D eigenvalue weighted by atomic mass is 10.3. The zero-order chi connectivity index (χ0) is 14.5. The normalized spacial score (nSPS) is 14.2. The van der Waals surface area contributed by atoms with Gasteiger partial charge in [0.1, 0.15) is 5.82 Å². The fourth-order valence-electron chi connectivity index (χ4n) is 2.07. The summed E-state index contributed by atoms with van der Waals surface area (Å²) >= 11 is 0. The Hall–Kier alpha value is -1.46. The van der Waals surface area contributed by atoms with Crippen molar-refractivity contribution in [1.29, 1.82) is 0 Å². The van der Waals surface area contributed by atoms with Gasteiger partial charge in [-0.05, 0) is 26.0 Å². The fourth-order valence-corrected chi connectivity index (χ4v) is 2.42. The van der Waals surface area contributed by atoms with Crippen LogP contribution in [-0.4, -0.2) is 31.8 Å². The lowest BCUT2D eigenvalue weighted by Crippen LogP contribution is -2.27. The van der Waals surface area contributed by atoms with Crippen molar-refractivity contribution in [2.75, 3.05) is 12.8 Å². The van der Waals surface area contributed by atoms with Gasteiger partial charge < -0.3 is 5.32 Å². The minimum Gasteiger partial charge on any atom is -0.310 e. The minimum absolute atomic E-state index is 0.157. The highest BCUT2D eigenvalue weighted by atomic mass is 32.2. The summed E-state index contributed by atoms with van der Waals surface area (Å²) in [6, 6.07) is 10.2.